The Morgan fingerprint density at radius 1 is 1.14 bits per heavy atom. The van der Waals surface area contributed by atoms with Gasteiger partial charge in [0.1, 0.15) is 29.7 Å². The zero-order valence-corrected chi connectivity index (χ0v) is 11.3. The zero-order chi connectivity index (χ0) is 15.8. The molecule has 1 aromatic rings. The number of nitrogens with one attached hydrogen (secondary N) is 1. The van der Waals surface area contributed by atoms with E-state index in [4.69, 9.17) is 25.3 Å². The van der Waals surface area contributed by atoms with Gasteiger partial charge in [-0.05, 0) is 12.1 Å². The van der Waals surface area contributed by atoms with Gasteiger partial charge >= 0.3 is 0 Å². The molecule has 1 aromatic carbocycles. The number of allylic oxidation sites excluding steroid dienone is 2. The lowest BCUT2D eigenvalue weighted by Crippen LogP contribution is -2.06. The molecule has 0 aliphatic rings. The van der Waals surface area contributed by atoms with Crippen LogP contribution in [0.2, 0.25) is 0 Å². The summed E-state index contributed by atoms with van der Waals surface area (Å²) >= 11 is 0. The summed E-state index contributed by atoms with van der Waals surface area (Å²) in [5, 5.41) is 28.7. The summed E-state index contributed by atoms with van der Waals surface area (Å²) in [6.07, 6.45) is -0.715. The second-order valence-corrected chi connectivity index (χ2v) is 3.75. The van der Waals surface area contributed by atoms with Crippen LogP contribution in [0.3, 0.4) is 0 Å². The van der Waals surface area contributed by atoms with Crippen molar-refractivity contribution in [2.75, 3.05) is 19.5 Å². The summed E-state index contributed by atoms with van der Waals surface area (Å²) in [6, 6.07) is 8.84. The van der Waals surface area contributed by atoms with Crippen LogP contribution in [-0.2, 0) is 9.47 Å². The molecule has 7 heteroatoms. The number of hydrogen-bond acceptors (Lipinski definition) is 6. The van der Waals surface area contributed by atoms with Crippen molar-refractivity contribution in [3.8, 4) is 18.2 Å². The van der Waals surface area contributed by atoms with Gasteiger partial charge in [-0.3, -0.25) is 0 Å². The van der Waals surface area contributed by atoms with Gasteiger partial charge < -0.3 is 14.8 Å². The lowest BCUT2D eigenvalue weighted by atomic mass is 10.1. The molecule has 0 unspecified atom stereocenters. The first-order chi connectivity index (χ1) is 10.1. The van der Waals surface area contributed by atoms with Crippen molar-refractivity contribution in [1.82, 2.24) is 0 Å². The Hall–Kier alpha value is -2.92. The van der Waals surface area contributed by atoms with Crippen LogP contribution in [0.1, 0.15) is 11.9 Å². The molecule has 0 heterocycles. The Morgan fingerprint density at radius 3 is 2.19 bits per heavy atom. The normalized spacial score (nSPS) is 9.38. The Balaban J connectivity index is 3.14. The zero-order valence-electron chi connectivity index (χ0n) is 11.3. The standard InChI is InChI=1S/C14H11FN4O2/c1-20-14(21-2)9-3-4-12(11(15)5-9)19-13(8-18)10(6-16)7-17/h3-5,14,19H,1-2H3. The highest BCUT2D eigenvalue weighted by Crippen LogP contribution is 2.24. The predicted octanol–water partition coefficient (Wildman–Crippen LogP) is 2.35. The van der Waals surface area contributed by atoms with Crippen molar-refractivity contribution in [3.63, 3.8) is 0 Å². The quantitative estimate of drug-likeness (QED) is 0.658. The number of anilines is 1. The topological polar surface area (TPSA) is 102 Å². The summed E-state index contributed by atoms with van der Waals surface area (Å²) in [7, 11) is 2.84. The Bertz CT molecular complexity index is 660. The monoisotopic (exact) mass is 286 g/mol. The van der Waals surface area contributed by atoms with Crippen LogP contribution in [0.15, 0.2) is 29.5 Å². The van der Waals surface area contributed by atoms with Crippen LogP contribution in [0.5, 0.6) is 0 Å². The average molecular weight is 286 g/mol. The molecule has 21 heavy (non-hydrogen) atoms. The van der Waals surface area contributed by atoms with E-state index in [2.05, 4.69) is 5.32 Å². The lowest BCUT2D eigenvalue weighted by molar-refractivity contribution is -0.106. The number of methoxy groups -OCH3 is 2. The first-order valence-corrected chi connectivity index (χ1v) is 5.67. The van der Waals surface area contributed by atoms with E-state index >= 15 is 0 Å². The van der Waals surface area contributed by atoms with E-state index in [0.717, 1.165) is 0 Å². The Kier molecular flexibility index (Phi) is 5.85. The third kappa shape index (κ3) is 3.77. The predicted molar refractivity (Wildman–Crippen MR) is 70.6 cm³/mol. The second kappa shape index (κ2) is 7.62. The molecule has 0 aliphatic heterocycles. The fourth-order valence-corrected chi connectivity index (χ4v) is 1.57. The van der Waals surface area contributed by atoms with Gasteiger partial charge in [-0.25, -0.2) is 4.39 Å². The van der Waals surface area contributed by atoms with Crippen molar-refractivity contribution in [2.24, 2.45) is 0 Å². The molecule has 0 spiro atoms. The molecule has 0 amide bonds. The molecule has 0 fully saturated rings. The van der Waals surface area contributed by atoms with E-state index in [-0.39, 0.29) is 11.4 Å². The second-order valence-electron chi connectivity index (χ2n) is 3.75. The van der Waals surface area contributed by atoms with E-state index in [9.17, 15) is 4.39 Å². The van der Waals surface area contributed by atoms with Gasteiger partial charge in [0.15, 0.2) is 11.9 Å². The largest absolute Gasteiger partial charge is 0.352 e. The van der Waals surface area contributed by atoms with E-state index in [1.807, 2.05) is 0 Å². The molecule has 0 aromatic heterocycles. The molecular weight excluding hydrogens is 275 g/mol. The molecule has 0 bridgehead atoms. The molecule has 0 aliphatic carbocycles. The number of rotatable bonds is 5. The maximum atomic E-state index is 14.0. The van der Waals surface area contributed by atoms with Crippen molar-refractivity contribution in [2.45, 2.75) is 6.29 Å². The van der Waals surface area contributed by atoms with E-state index in [1.165, 1.54) is 32.4 Å². The highest BCUT2D eigenvalue weighted by Gasteiger charge is 2.14. The molecule has 0 saturated carbocycles. The van der Waals surface area contributed by atoms with Crippen LogP contribution >= 0.6 is 0 Å². The third-order valence-electron chi connectivity index (χ3n) is 2.54. The van der Waals surface area contributed by atoms with Crippen LogP contribution in [0, 0.1) is 39.8 Å². The summed E-state index contributed by atoms with van der Waals surface area (Å²) < 4.78 is 24.0. The highest BCUT2D eigenvalue weighted by molar-refractivity contribution is 5.59. The highest BCUT2D eigenvalue weighted by atomic mass is 19.1. The lowest BCUT2D eigenvalue weighted by Gasteiger charge is -2.15. The third-order valence-corrected chi connectivity index (χ3v) is 2.54. The first-order valence-electron chi connectivity index (χ1n) is 5.67. The smallest absolute Gasteiger partial charge is 0.183 e. The van der Waals surface area contributed by atoms with Gasteiger partial charge in [0.2, 0.25) is 0 Å². The minimum Gasteiger partial charge on any atom is -0.352 e. The van der Waals surface area contributed by atoms with Gasteiger partial charge in [-0.2, -0.15) is 15.8 Å². The van der Waals surface area contributed by atoms with E-state index in [1.54, 1.807) is 18.2 Å². The van der Waals surface area contributed by atoms with Crippen LogP contribution in [-0.4, -0.2) is 14.2 Å². The molecule has 106 valence electrons. The summed E-state index contributed by atoms with van der Waals surface area (Å²) in [6.45, 7) is 0. The molecule has 1 rings (SSSR count). The molecular formula is C14H11FN4O2. The molecule has 0 radical (unpaired) electrons. The van der Waals surface area contributed by atoms with Crippen LogP contribution < -0.4 is 5.32 Å². The van der Waals surface area contributed by atoms with E-state index < -0.39 is 17.7 Å². The molecule has 0 saturated heterocycles. The maximum Gasteiger partial charge on any atom is 0.183 e. The minimum atomic E-state index is -0.715. The van der Waals surface area contributed by atoms with Gasteiger partial charge in [0.25, 0.3) is 0 Å². The van der Waals surface area contributed by atoms with Crippen molar-refractivity contribution >= 4 is 5.69 Å². The Labute approximate surface area is 121 Å². The van der Waals surface area contributed by atoms with Crippen LogP contribution in [0.4, 0.5) is 10.1 Å². The van der Waals surface area contributed by atoms with Crippen molar-refractivity contribution in [3.05, 3.63) is 40.8 Å². The number of nitriles is 3. The average Bonchev–Trinajstić information content (AvgIpc) is 2.50. The summed E-state index contributed by atoms with van der Waals surface area (Å²) in [5.41, 5.74) is -0.329. The van der Waals surface area contributed by atoms with Gasteiger partial charge in [0.05, 0.1) is 5.69 Å². The van der Waals surface area contributed by atoms with Crippen molar-refractivity contribution in [1.29, 1.82) is 15.8 Å². The summed E-state index contributed by atoms with van der Waals surface area (Å²) in [4.78, 5) is 0. The van der Waals surface area contributed by atoms with E-state index in [0.29, 0.717) is 5.56 Å². The summed E-state index contributed by atoms with van der Waals surface area (Å²) in [5.74, 6) is -0.672. The maximum absolute atomic E-state index is 14.0. The first kappa shape index (κ1) is 16.1. The van der Waals surface area contributed by atoms with Crippen LogP contribution in [0.25, 0.3) is 0 Å². The number of halogens is 1. The minimum absolute atomic E-state index is 0.0377. The van der Waals surface area contributed by atoms with Gasteiger partial charge in [0, 0.05) is 19.8 Å². The number of ether oxygens (including phenoxy) is 2. The fourth-order valence-electron chi connectivity index (χ4n) is 1.57. The molecule has 6 nitrogen and oxygen atoms in total. The Morgan fingerprint density at radius 2 is 1.76 bits per heavy atom. The molecule has 0 atom stereocenters. The van der Waals surface area contributed by atoms with Gasteiger partial charge in [-0.15, -0.1) is 0 Å². The molecule has 1 N–H and O–H groups in total. The fraction of sp³-hybridized carbons (Fsp3) is 0.214. The van der Waals surface area contributed by atoms with Crippen molar-refractivity contribution < 1.29 is 13.9 Å². The number of benzene rings is 1. The van der Waals surface area contributed by atoms with Gasteiger partial charge in [-0.1, -0.05) is 6.07 Å². The number of nitrogens with zero attached hydrogens (tertiary/aromatic N) is 3. The number of hydrogen-bond donors (Lipinski definition) is 1. The SMILES string of the molecule is COC(OC)c1ccc(NC(C#N)=C(C#N)C#N)c(F)c1.